The van der Waals surface area contributed by atoms with Crippen LogP contribution >= 0.6 is 0 Å². The van der Waals surface area contributed by atoms with E-state index in [1.165, 1.54) is 18.2 Å². The van der Waals surface area contributed by atoms with Crippen molar-refractivity contribution >= 4 is 21.6 Å². The first-order valence-corrected chi connectivity index (χ1v) is 11.4. The monoisotopic (exact) mass is 434 g/mol. The van der Waals surface area contributed by atoms with E-state index in [0.717, 1.165) is 44.7 Å². The van der Waals surface area contributed by atoms with Gasteiger partial charge in [0.15, 0.2) is 0 Å². The van der Waals surface area contributed by atoms with Crippen LogP contribution in [0.2, 0.25) is 0 Å². The minimum Gasteiger partial charge on any atom is -0.325 e. The van der Waals surface area contributed by atoms with E-state index in [2.05, 4.69) is 15.1 Å². The smallest absolute Gasteiger partial charge is 0.238 e. The van der Waals surface area contributed by atoms with Gasteiger partial charge in [0.25, 0.3) is 0 Å². The predicted octanol–water partition coefficient (Wildman–Crippen LogP) is 1.93. The molecule has 0 spiro atoms. The summed E-state index contributed by atoms with van der Waals surface area (Å²) in [4.78, 5) is 16.8. The van der Waals surface area contributed by atoms with Crippen LogP contribution in [0, 0.1) is 12.7 Å². The second-order valence-electron chi connectivity index (χ2n) is 7.61. The van der Waals surface area contributed by atoms with Gasteiger partial charge >= 0.3 is 0 Å². The second-order valence-corrected chi connectivity index (χ2v) is 9.14. The Morgan fingerprint density at radius 1 is 1.07 bits per heavy atom. The molecule has 1 amide bonds. The standard InChI is InChI=1S/C21H27FN4O3S/c1-16-3-8-19(13-20(16)30(23,28)29)24-21(27)15-26-10-2-9-25(11-12-26)14-17-4-6-18(22)7-5-17/h3-8,13H,2,9-12,14-15H2,1H3,(H,24,27)(H2,23,28,29). The molecule has 1 saturated heterocycles. The Kier molecular flexibility index (Phi) is 7.19. The average molecular weight is 435 g/mol. The van der Waals surface area contributed by atoms with E-state index >= 15 is 0 Å². The summed E-state index contributed by atoms with van der Waals surface area (Å²) in [5, 5.41) is 7.98. The molecule has 2 aromatic carbocycles. The fraction of sp³-hybridized carbons (Fsp3) is 0.381. The number of nitrogens with zero attached hydrogens (tertiary/aromatic N) is 2. The number of anilines is 1. The van der Waals surface area contributed by atoms with E-state index in [1.54, 1.807) is 31.2 Å². The van der Waals surface area contributed by atoms with Gasteiger partial charge in [-0.25, -0.2) is 17.9 Å². The Labute approximate surface area is 176 Å². The largest absolute Gasteiger partial charge is 0.325 e. The topological polar surface area (TPSA) is 95.7 Å². The van der Waals surface area contributed by atoms with E-state index in [4.69, 9.17) is 5.14 Å². The maximum atomic E-state index is 13.1. The lowest BCUT2D eigenvalue weighted by Gasteiger charge is -2.21. The van der Waals surface area contributed by atoms with Gasteiger partial charge < -0.3 is 5.32 Å². The van der Waals surface area contributed by atoms with Crippen LogP contribution in [0.1, 0.15) is 17.5 Å². The fourth-order valence-electron chi connectivity index (χ4n) is 3.58. The number of carbonyl (C=O) groups excluding carboxylic acids is 1. The third-order valence-electron chi connectivity index (χ3n) is 5.15. The van der Waals surface area contributed by atoms with E-state index in [-0.39, 0.29) is 23.2 Å². The first-order valence-electron chi connectivity index (χ1n) is 9.83. The quantitative estimate of drug-likeness (QED) is 0.724. The van der Waals surface area contributed by atoms with Gasteiger partial charge in [0.05, 0.1) is 11.4 Å². The number of halogens is 1. The van der Waals surface area contributed by atoms with Crippen LogP contribution in [-0.4, -0.2) is 56.8 Å². The van der Waals surface area contributed by atoms with Crippen LogP contribution in [0.25, 0.3) is 0 Å². The van der Waals surface area contributed by atoms with Crippen molar-refractivity contribution in [2.24, 2.45) is 5.14 Å². The van der Waals surface area contributed by atoms with Crippen molar-refractivity contribution in [1.82, 2.24) is 9.80 Å². The highest BCUT2D eigenvalue weighted by Gasteiger charge is 2.18. The minimum atomic E-state index is -3.85. The molecule has 0 radical (unpaired) electrons. The lowest BCUT2D eigenvalue weighted by atomic mass is 10.2. The molecule has 0 saturated carbocycles. The molecule has 3 N–H and O–H groups in total. The molecule has 0 aliphatic carbocycles. The Morgan fingerprint density at radius 2 is 1.73 bits per heavy atom. The van der Waals surface area contributed by atoms with Crippen molar-refractivity contribution in [3.8, 4) is 0 Å². The van der Waals surface area contributed by atoms with Crippen LogP contribution in [0.3, 0.4) is 0 Å². The number of hydrogen-bond acceptors (Lipinski definition) is 5. The summed E-state index contributed by atoms with van der Waals surface area (Å²) < 4.78 is 36.4. The maximum Gasteiger partial charge on any atom is 0.238 e. The number of nitrogens with one attached hydrogen (secondary N) is 1. The van der Waals surface area contributed by atoms with Gasteiger partial charge in [-0.05, 0) is 61.8 Å². The Hall–Kier alpha value is -2.33. The Balaban J connectivity index is 1.53. The van der Waals surface area contributed by atoms with Gasteiger partial charge in [0, 0.05) is 25.3 Å². The first-order chi connectivity index (χ1) is 14.2. The van der Waals surface area contributed by atoms with E-state index < -0.39 is 10.0 Å². The molecule has 0 atom stereocenters. The Bertz CT molecular complexity index is 996. The SMILES string of the molecule is Cc1ccc(NC(=O)CN2CCCN(Cc3ccc(F)cc3)CC2)cc1S(N)(=O)=O. The van der Waals surface area contributed by atoms with Crippen LogP contribution in [0.5, 0.6) is 0 Å². The zero-order chi connectivity index (χ0) is 21.7. The van der Waals surface area contributed by atoms with Crippen molar-refractivity contribution < 1.29 is 17.6 Å². The van der Waals surface area contributed by atoms with Gasteiger partial charge in [-0.1, -0.05) is 18.2 Å². The second kappa shape index (κ2) is 9.65. The number of hydrogen-bond donors (Lipinski definition) is 2. The number of sulfonamides is 1. The van der Waals surface area contributed by atoms with Crippen LogP contribution in [-0.2, 0) is 21.4 Å². The normalized spacial score (nSPS) is 16.2. The molecule has 1 aliphatic rings. The number of rotatable bonds is 6. The first kappa shape index (κ1) is 22.4. The molecule has 1 aliphatic heterocycles. The third kappa shape index (κ3) is 6.33. The van der Waals surface area contributed by atoms with Gasteiger partial charge in [-0.2, -0.15) is 0 Å². The average Bonchev–Trinajstić information content (AvgIpc) is 2.89. The highest BCUT2D eigenvalue weighted by atomic mass is 32.2. The molecule has 0 bridgehead atoms. The molecule has 0 aromatic heterocycles. The summed E-state index contributed by atoms with van der Waals surface area (Å²) in [5.41, 5.74) is 2.00. The molecular formula is C21H27FN4O3S. The molecule has 2 aromatic rings. The maximum absolute atomic E-state index is 13.1. The summed E-state index contributed by atoms with van der Waals surface area (Å²) in [6.07, 6.45) is 0.925. The highest BCUT2D eigenvalue weighted by Crippen LogP contribution is 2.19. The van der Waals surface area contributed by atoms with E-state index in [1.807, 2.05) is 0 Å². The summed E-state index contributed by atoms with van der Waals surface area (Å²) >= 11 is 0. The number of amides is 1. The van der Waals surface area contributed by atoms with E-state index in [9.17, 15) is 17.6 Å². The molecule has 3 rings (SSSR count). The number of aryl methyl sites for hydroxylation is 1. The van der Waals surface area contributed by atoms with Crippen molar-refractivity contribution in [3.05, 3.63) is 59.4 Å². The molecule has 1 fully saturated rings. The van der Waals surface area contributed by atoms with Gasteiger partial charge in [-0.3, -0.25) is 14.6 Å². The highest BCUT2D eigenvalue weighted by molar-refractivity contribution is 7.89. The van der Waals surface area contributed by atoms with Crippen LogP contribution in [0.15, 0.2) is 47.4 Å². The zero-order valence-corrected chi connectivity index (χ0v) is 17.8. The van der Waals surface area contributed by atoms with Gasteiger partial charge in [-0.15, -0.1) is 0 Å². The van der Waals surface area contributed by atoms with Gasteiger partial charge in [0.2, 0.25) is 15.9 Å². The number of benzene rings is 2. The summed E-state index contributed by atoms with van der Waals surface area (Å²) in [7, 11) is -3.85. The predicted molar refractivity (Wildman–Crippen MR) is 114 cm³/mol. The molecule has 1 heterocycles. The number of nitrogens with two attached hydrogens (primary N) is 1. The molecular weight excluding hydrogens is 407 g/mol. The summed E-state index contributed by atoms with van der Waals surface area (Å²) in [6.45, 7) is 5.88. The van der Waals surface area contributed by atoms with Crippen molar-refractivity contribution in [3.63, 3.8) is 0 Å². The molecule has 30 heavy (non-hydrogen) atoms. The molecule has 162 valence electrons. The van der Waals surface area contributed by atoms with Crippen molar-refractivity contribution in [2.75, 3.05) is 38.0 Å². The number of carbonyl (C=O) groups is 1. The van der Waals surface area contributed by atoms with E-state index in [0.29, 0.717) is 11.3 Å². The lowest BCUT2D eigenvalue weighted by Crippen LogP contribution is -2.36. The van der Waals surface area contributed by atoms with Crippen molar-refractivity contribution in [2.45, 2.75) is 24.8 Å². The Morgan fingerprint density at radius 3 is 2.43 bits per heavy atom. The number of primary sulfonamides is 1. The summed E-state index contributed by atoms with van der Waals surface area (Å²) in [5.74, 6) is -0.442. The molecule has 7 nitrogen and oxygen atoms in total. The molecule has 0 unspecified atom stereocenters. The third-order valence-corrected chi connectivity index (χ3v) is 6.20. The van der Waals surface area contributed by atoms with Crippen molar-refractivity contribution in [1.29, 1.82) is 0 Å². The molecule has 9 heteroatoms. The minimum absolute atomic E-state index is 0.00603. The zero-order valence-electron chi connectivity index (χ0n) is 17.0. The summed E-state index contributed by atoms with van der Waals surface area (Å²) in [6, 6.07) is 11.2. The fourth-order valence-corrected chi connectivity index (χ4v) is 4.38. The van der Waals surface area contributed by atoms with Crippen LogP contribution < -0.4 is 10.5 Å². The van der Waals surface area contributed by atoms with Crippen LogP contribution in [0.4, 0.5) is 10.1 Å². The van der Waals surface area contributed by atoms with Gasteiger partial charge in [0.1, 0.15) is 5.82 Å². The lowest BCUT2D eigenvalue weighted by molar-refractivity contribution is -0.117.